The number of nitrogens with zero attached hydrogens (tertiary/aromatic N) is 1. The number of rotatable bonds is 4. The van der Waals surface area contributed by atoms with Crippen molar-refractivity contribution < 1.29 is 9.90 Å². The number of benzene rings is 3. The molecule has 0 unspecified atom stereocenters. The second kappa shape index (κ2) is 7.43. The van der Waals surface area contributed by atoms with Gasteiger partial charge < -0.3 is 10.4 Å². The molecule has 4 nitrogen and oxygen atoms in total. The molecule has 5 heteroatoms. The average Bonchev–Trinajstić information content (AvgIpc) is 3.13. The van der Waals surface area contributed by atoms with E-state index in [-0.39, 0.29) is 11.7 Å². The Labute approximate surface area is 160 Å². The first-order chi connectivity index (χ1) is 13.2. The van der Waals surface area contributed by atoms with E-state index in [0.29, 0.717) is 16.3 Å². The molecule has 0 spiro atoms. The van der Waals surface area contributed by atoms with Gasteiger partial charge in [0.15, 0.2) is 0 Å². The van der Waals surface area contributed by atoms with E-state index in [1.807, 2.05) is 54.6 Å². The van der Waals surface area contributed by atoms with Crippen molar-refractivity contribution in [3.8, 4) is 16.3 Å². The van der Waals surface area contributed by atoms with E-state index >= 15 is 0 Å². The van der Waals surface area contributed by atoms with Crippen LogP contribution in [0, 0.1) is 0 Å². The van der Waals surface area contributed by atoms with Gasteiger partial charge in [-0.25, -0.2) is 4.98 Å². The maximum Gasteiger partial charge on any atom is 0.248 e. The van der Waals surface area contributed by atoms with Crippen molar-refractivity contribution in [1.82, 2.24) is 4.98 Å². The van der Waals surface area contributed by atoms with Crippen molar-refractivity contribution in [3.63, 3.8) is 0 Å². The molecule has 4 aromatic rings. The van der Waals surface area contributed by atoms with Gasteiger partial charge in [0.1, 0.15) is 10.8 Å². The highest BCUT2D eigenvalue weighted by Gasteiger charge is 2.11. The monoisotopic (exact) mass is 372 g/mol. The second-order valence-electron chi connectivity index (χ2n) is 5.95. The van der Waals surface area contributed by atoms with Crippen molar-refractivity contribution in [2.24, 2.45) is 0 Å². The Morgan fingerprint density at radius 1 is 1.00 bits per heavy atom. The number of carbonyl (C=O) groups is 1. The van der Waals surface area contributed by atoms with Crippen LogP contribution in [0.25, 0.3) is 26.9 Å². The molecule has 132 valence electrons. The van der Waals surface area contributed by atoms with E-state index in [1.54, 1.807) is 24.3 Å². The van der Waals surface area contributed by atoms with Gasteiger partial charge in [-0.1, -0.05) is 42.5 Å². The Kier molecular flexibility index (Phi) is 4.68. The number of aromatic nitrogens is 1. The quantitative estimate of drug-likeness (QED) is 0.376. The van der Waals surface area contributed by atoms with Crippen molar-refractivity contribution in [2.45, 2.75) is 0 Å². The van der Waals surface area contributed by atoms with Crippen LogP contribution in [0.1, 0.15) is 5.56 Å². The number of thiazole rings is 1. The van der Waals surface area contributed by atoms with E-state index in [0.717, 1.165) is 15.8 Å². The van der Waals surface area contributed by atoms with E-state index in [1.165, 1.54) is 17.4 Å². The molecule has 1 aromatic heterocycles. The number of hydrogen-bond donors (Lipinski definition) is 2. The maximum absolute atomic E-state index is 12.2. The van der Waals surface area contributed by atoms with Crippen molar-refractivity contribution in [3.05, 3.63) is 84.4 Å². The number of nitrogens with one attached hydrogen (secondary N) is 1. The van der Waals surface area contributed by atoms with Gasteiger partial charge in [0, 0.05) is 11.8 Å². The van der Waals surface area contributed by atoms with Crippen LogP contribution in [0.2, 0.25) is 0 Å². The van der Waals surface area contributed by atoms with Crippen LogP contribution in [0.15, 0.2) is 78.9 Å². The molecule has 0 atom stereocenters. The summed E-state index contributed by atoms with van der Waals surface area (Å²) in [5.74, 6) is -0.105. The summed E-state index contributed by atoms with van der Waals surface area (Å²) >= 11 is 1.50. The van der Waals surface area contributed by atoms with Gasteiger partial charge in [-0.2, -0.15) is 0 Å². The third-order valence-electron chi connectivity index (χ3n) is 4.02. The maximum atomic E-state index is 12.2. The number of fused-ring (bicyclic) bond motifs is 1. The summed E-state index contributed by atoms with van der Waals surface area (Å²) in [4.78, 5) is 16.8. The molecular formula is C22H16N2O2S. The Hall–Kier alpha value is -3.44. The normalized spacial score (nSPS) is 11.1. The number of amides is 1. The first-order valence-corrected chi connectivity index (χ1v) is 9.24. The molecule has 0 aliphatic rings. The fourth-order valence-electron chi connectivity index (χ4n) is 2.69. The minimum atomic E-state index is -0.236. The number of aromatic hydroxyl groups is 1. The topological polar surface area (TPSA) is 62.2 Å². The second-order valence-corrected chi connectivity index (χ2v) is 6.98. The molecule has 27 heavy (non-hydrogen) atoms. The molecule has 0 aliphatic heterocycles. The fraction of sp³-hybridized carbons (Fsp3) is 0. The van der Waals surface area contributed by atoms with Crippen LogP contribution in [-0.2, 0) is 4.79 Å². The molecule has 4 rings (SSSR count). The Morgan fingerprint density at radius 2 is 1.78 bits per heavy atom. The molecule has 0 bridgehead atoms. The van der Waals surface area contributed by atoms with Gasteiger partial charge in [0.05, 0.1) is 15.8 Å². The molecular weight excluding hydrogens is 356 g/mol. The van der Waals surface area contributed by atoms with E-state index in [9.17, 15) is 9.90 Å². The summed E-state index contributed by atoms with van der Waals surface area (Å²) in [7, 11) is 0. The van der Waals surface area contributed by atoms with Gasteiger partial charge in [0.2, 0.25) is 5.91 Å². The largest absolute Gasteiger partial charge is 0.507 e. The highest BCUT2D eigenvalue weighted by Crippen LogP contribution is 2.36. The molecule has 1 amide bonds. The third kappa shape index (κ3) is 3.88. The zero-order chi connectivity index (χ0) is 18.6. The van der Waals surface area contributed by atoms with Crippen LogP contribution in [0.4, 0.5) is 5.69 Å². The van der Waals surface area contributed by atoms with Crippen LogP contribution in [-0.4, -0.2) is 16.0 Å². The molecule has 2 N–H and O–H groups in total. The highest BCUT2D eigenvalue weighted by atomic mass is 32.1. The van der Waals surface area contributed by atoms with Gasteiger partial charge >= 0.3 is 0 Å². The summed E-state index contributed by atoms with van der Waals surface area (Å²) < 4.78 is 1.05. The van der Waals surface area contributed by atoms with Crippen molar-refractivity contribution in [2.75, 3.05) is 5.32 Å². The van der Waals surface area contributed by atoms with Crippen LogP contribution in [0.5, 0.6) is 5.75 Å². The Balaban J connectivity index is 1.57. The minimum Gasteiger partial charge on any atom is -0.507 e. The Morgan fingerprint density at radius 3 is 2.59 bits per heavy atom. The zero-order valence-corrected chi connectivity index (χ0v) is 15.1. The summed E-state index contributed by atoms with van der Waals surface area (Å²) in [5, 5.41) is 13.8. The molecule has 3 aromatic carbocycles. The molecule has 0 aliphatic carbocycles. The predicted molar refractivity (Wildman–Crippen MR) is 111 cm³/mol. The van der Waals surface area contributed by atoms with Gasteiger partial charge in [-0.3, -0.25) is 4.79 Å². The molecule has 1 heterocycles. The standard InChI is InChI=1S/C22H16N2O2S/c25-19-12-11-16(23-21(26)13-10-15-6-2-1-3-7-15)14-17(19)22-24-18-8-4-5-9-20(18)27-22/h1-14,25H,(H,23,26). The molecule has 0 radical (unpaired) electrons. The molecule has 0 saturated heterocycles. The Bertz CT molecular complexity index is 1100. The zero-order valence-electron chi connectivity index (χ0n) is 14.3. The lowest BCUT2D eigenvalue weighted by Gasteiger charge is -2.06. The fourth-order valence-corrected chi connectivity index (χ4v) is 3.68. The number of hydrogen-bond acceptors (Lipinski definition) is 4. The summed E-state index contributed by atoms with van der Waals surface area (Å²) in [6.45, 7) is 0. The summed E-state index contributed by atoms with van der Waals surface area (Å²) in [6, 6.07) is 22.4. The summed E-state index contributed by atoms with van der Waals surface area (Å²) in [5.41, 5.74) is 3.04. The van der Waals surface area contributed by atoms with Crippen LogP contribution in [0.3, 0.4) is 0 Å². The van der Waals surface area contributed by atoms with Gasteiger partial charge in [0.25, 0.3) is 0 Å². The van der Waals surface area contributed by atoms with Gasteiger partial charge in [-0.05, 0) is 42.0 Å². The number of carbonyl (C=O) groups excluding carboxylic acids is 1. The van der Waals surface area contributed by atoms with Gasteiger partial charge in [-0.15, -0.1) is 11.3 Å². The summed E-state index contributed by atoms with van der Waals surface area (Å²) in [6.07, 6.45) is 3.24. The van der Waals surface area contributed by atoms with Crippen molar-refractivity contribution in [1.29, 1.82) is 0 Å². The SMILES string of the molecule is O=C(C=Cc1ccccc1)Nc1ccc(O)c(-c2nc3ccccc3s2)c1. The van der Waals surface area contributed by atoms with Crippen molar-refractivity contribution >= 4 is 39.2 Å². The number of phenolic OH excluding ortho intramolecular Hbond substituents is 1. The number of anilines is 1. The van der Waals surface area contributed by atoms with E-state index in [2.05, 4.69) is 10.3 Å². The lowest BCUT2D eigenvalue weighted by Crippen LogP contribution is -2.07. The van der Waals surface area contributed by atoms with E-state index in [4.69, 9.17) is 0 Å². The first kappa shape index (κ1) is 17.0. The lowest BCUT2D eigenvalue weighted by atomic mass is 10.1. The molecule has 0 fully saturated rings. The number of para-hydroxylation sites is 1. The van der Waals surface area contributed by atoms with Crippen LogP contribution < -0.4 is 5.32 Å². The first-order valence-electron chi connectivity index (χ1n) is 8.42. The predicted octanol–water partition coefficient (Wildman–Crippen LogP) is 5.32. The lowest BCUT2D eigenvalue weighted by molar-refractivity contribution is -0.111. The van der Waals surface area contributed by atoms with E-state index < -0.39 is 0 Å². The van der Waals surface area contributed by atoms with Crippen LogP contribution >= 0.6 is 11.3 Å². The smallest absolute Gasteiger partial charge is 0.248 e. The average molecular weight is 372 g/mol. The highest BCUT2D eigenvalue weighted by molar-refractivity contribution is 7.21. The number of phenols is 1. The minimum absolute atomic E-state index is 0.131. The molecule has 0 saturated carbocycles. The third-order valence-corrected chi connectivity index (χ3v) is 5.08.